The van der Waals surface area contributed by atoms with E-state index in [0.717, 1.165) is 45.0 Å². The first-order chi connectivity index (χ1) is 11.7. The van der Waals surface area contributed by atoms with E-state index in [2.05, 4.69) is 72.7 Å². The largest absolute Gasteiger partial charge is 0.357 e. The van der Waals surface area contributed by atoms with Gasteiger partial charge in [-0.25, -0.2) is 4.99 Å². The molecule has 0 fully saturated rings. The van der Waals surface area contributed by atoms with Crippen LogP contribution < -0.4 is 10.6 Å². The van der Waals surface area contributed by atoms with Gasteiger partial charge in [-0.2, -0.15) is 0 Å². The second-order valence-corrected chi connectivity index (χ2v) is 6.26. The van der Waals surface area contributed by atoms with Crippen molar-refractivity contribution in [2.75, 3.05) is 19.6 Å². The first kappa shape index (κ1) is 18.5. The fourth-order valence-electron chi connectivity index (χ4n) is 2.95. The van der Waals surface area contributed by atoms with Gasteiger partial charge in [0.15, 0.2) is 5.96 Å². The fraction of sp³-hybridized carbons (Fsp3) is 0.550. The molecule has 24 heavy (non-hydrogen) atoms. The Morgan fingerprint density at radius 2 is 1.83 bits per heavy atom. The minimum atomic E-state index is 0.483. The van der Waals surface area contributed by atoms with Crippen LogP contribution in [0.15, 0.2) is 41.4 Å². The summed E-state index contributed by atoms with van der Waals surface area (Å²) in [6, 6.07) is 9.28. The highest BCUT2D eigenvalue weighted by Crippen LogP contribution is 2.11. The molecule has 1 aliphatic carbocycles. The van der Waals surface area contributed by atoms with Gasteiger partial charge in [-0.1, -0.05) is 50.3 Å². The first-order valence-corrected chi connectivity index (χ1v) is 9.25. The molecule has 1 aliphatic rings. The van der Waals surface area contributed by atoms with Gasteiger partial charge in [0.1, 0.15) is 0 Å². The first-order valence-electron chi connectivity index (χ1n) is 9.25. The van der Waals surface area contributed by atoms with Gasteiger partial charge in [-0.3, -0.25) is 4.90 Å². The number of hydrogen-bond donors (Lipinski definition) is 2. The van der Waals surface area contributed by atoms with Crippen LogP contribution in [0.2, 0.25) is 0 Å². The van der Waals surface area contributed by atoms with Crippen LogP contribution in [-0.2, 0) is 13.1 Å². The van der Waals surface area contributed by atoms with E-state index in [1.165, 1.54) is 11.1 Å². The molecule has 132 valence electrons. The summed E-state index contributed by atoms with van der Waals surface area (Å²) in [4.78, 5) is 7.19. The summed E-state index contributed by atoms with van der Waals surface area (Å²) >= 11 is 0. The van der Waals surface area contributed by atoms with E-state index >= 15 is 0 Å². The summed E-state index contributed by atoms with van der Waals surface area (Å²) in [7, 11) is 0. The molecular weight excluding hydrogens is 296 g/mol. The van der Waals surface area contributed by atoms with Gasteiger partial charge in [0, 0.05) is 19.1 Å². The number of hydrogen-bond acceptors (Lipinski definition) is 2. The van der Waals surface area contributed by atoms with Gasteiger partial charge in [-0.15, -0.1) is 0 Å². The summed E-state index contributed by atoms with van der Waals surface area (Å²) < 4.78 is 0. The molecule has 0 atom stereocenters. The maximum absolute atomic E-state index is 4.76. The molecule has 0 amide bonds. The molecule has 0 heterocycles. The lowest BCUT2D eigenvalue weighted by Gasteiger charge is -2.18. The number of guanidine groups is 1. The van der Waals surface area contributed by atoms with E-state index in [9.17, 15) is 0 Å². The Hall–Kier alpha value is -1.81. The Morgan fingerprint density at radius 3 is 2.50 bits per heavy atom. The van der Waals surface area contributed by atoms with E-state index in [4.69, 9.17) is 4.99 Å². The molecule has 0 saturated heterocycles. The van der Waals surface area contributed by atoms with Gasteiger partial charge >= 0.3 is 0 Å². The van der Waals surface area contributed by atoms with Crippen LogP contribution in [0.3, 0.4) is 0 Å². The quantitative estimate of drug-likeness (QED) is 0.437. The molecule has 0 aliphatic heterocycles. The van der Waals surface area contributed by atoms with Crippen LogP contribution in [-0.4, -0.2) is 36.5 Å². The summed E-state index contributed by atoms with van der Waals surface area (Å²) in [6.07, 6.45) is 6.64. The third-order valence-corrected chi connectivity index (χ3v) is 4.40. The normalized spacial score (nSPS) is 15.2. The molecule has 2 rings (SSSR count). The average molecular weight is 329 g/mol. The average Bonchev–Trinajstić information content (AvgIpc) is 3.11. The van der Waals surface area contributed by atoms with E-state index in [-0.39, 0.29) is 0 Å². The van der Waals surface area contributed by atoms with Crippen molar-refractivity contribution in [3.8, 4) is 0 Å². The summed E-state index contributed by atoms with van der Waals surface area (Å²) in [5.41, 5.74) is 2.63. The zero-order valence-electron chi connectivity index (χ0n) is 15.4. The Labute approximate surface area is 147 Å². The Kier molecular flexibility index (Phi) is 7.83. The smallest absolute Gasteiger partial charge is 0.191 e. The molecule has 0 aromatic heterocycles. The van der Waals surface area contributed by atoms with Crippen molar-refractivity contribution >= 4 is 5.96 Å². The van der Waals surface area contributed by atoms with Crippen LogP contribution in [0.5, 0.6) is 0 Å². The minimum Gasteiger partial charge on any atom is -0.357 e. The Balaban J connectivity index is 1.96. The predicted molar refractivity (Wildman–Crippen MR) is 103 cm³/mol. The van der Waals surface area contributed by atoms with Gasteiger partial charge in [0.25, 0.3) is 0 Å². The molecule has 4 nitrogen and oxygen atoms in total. The molecule has 1 aromatic rings. The van der Waals surface area contributed by atoms with Crippen molar-refractivity contribution in [1.82, 2.24) is 15.5 Å². The SMILES string of the molecule is CCNC(=NCc1cccc(CN(CC)CC)c1)NC1CC=CC1. The number of aliphatic imine (C=N–C) groups is 1. The molecule has 0 unspecified atom stereocenters. The van der Waals surface area contributed by atoms with E-state index in [1.807, 2.05) is 0 Å². The van der Waals surface area contributed by atoms with Crippen molar-refractivity contribution in [2.24, 2.45) is 4.99 Å². The van der Waals surface area contributed by atoms with Crippen LogP contribution >= 0.6 is 0 Å². The van der Waals surface area contributed by atoms with Crippen LogP contribution in [0, 0.1) is 0 Å². The van der Waals surface area contributed by atoms with Gasteiger partial charge in [0.2, 0.25) is 0 Å². The highest BCUT2D eigenvalue weighted by Gasteiger charge is 2.11. The molecule has 2 N–H and O–H groups in total. The topological polar surface area (TPSA) is 39.7 Å². The Bertz CT molecular complexity index is 538. The molecule has 0 radical (unpaired) electrons. The predicted octanol–water partition coefficient (Wildman–Crippen LogP) is 3.30. The third-order valence-electron chi connectivity index (χ3n) is 4.40. The van der Waals surface area contributed by atoms with Gasteiger partial charge in [0.05, 0.1) is 6.54 Å². The number of rotatable bonds is 8. The lowest BCUT2D eigenvalue weighted by molar-refractivity contribution is 0.296. The van der Waals surface area contributed by atoms with E-state index in [0.29, 0.717) is 12.6 Å². The van der Waals surface area contributed by atoms with E-state index in [1.54, 1.807) is 0 Å². The van der Waals surface area contributed by atoms with Crippen molar-refractivity contribution in [3.63, 3.8) is 0 Å². The number of nitrogens with zero attached hydrogens (tertiary/aromatic N) is 2. The molecule has 0 saturated carbocycles. The molecular formula is C20H32N4. The van der Waals surface area contributed by atoms with Crippen LogP contribution in [0.4, 0.5) is 0 Å². The number of benzene rings is 1. The monoisotopic (exact) mass is 328 g/mol. The van der Waals surface area contributed by atoms with Crippen molar-refractivity contribution in [3.05, 3.63) is 47.5 Å². The molecule has 4 heteroatoms. The second kappa shape index (κ2) is 10.1. The van der Waals surface area contributed by atoms with Gasteiger partial charge in [-0.05, 0) is 44.0 Å². The van der Waals surface area contributed by atoms with Crippen LogP contribution in [0.25, 0.3) is 0 Å². The van der Waals surface area contributed by atoms with Crippen molar-refractivity contribution < 1.29 is 0 Å². The minimum absolute atomic E-state index is 0.483. The maximum Gasteiger partial charge on any atom is 0.191 e. The van der Waals surface area contributed by atoms with E-state index < -0.39 is 0 Å². The zero-order chi connectivity index (χ0) is 17.2. The lowest BCUT2D eigenvalue weighted by atomic mass is 10.1. The highest BCUT2D eigenvalue weighted by atomic mass is 15.2. The summed E-state index contributed by atoms with van der Waals surface area (Å²) in [5.74, 6) is 0.917. The number of nitrogens with one attached hydrogen (secondary N) is 2. The molecule has 1 aromatic carbocycles. The summed E-state index contributed by atoms with van der Waals surface area (Å²) in [6.45, 7) is 11.3. The highest BCUT2D eigenvalue weighted by molar-refractivity contribution is 5.80. The molecule has 0 bridgehead atoms. The van der Waals surface area contributed by atoms with Crippen molar-refractivity contribution in [2.45, 2.75) is 52.7 Å². The maximum atomic E-state index is 4.76. The van der Waals surface area contributed by atoms with Crippen molar-refractivity contribution in [1.29, 1.82) is 0 Å². The molecule has 0 spiro atoms. The lowest BCUT2D eigenvalue weighted by Crippen LogP contribution is -2.42. The summed E-state index contributed by atoms with van der Waals surface area (Å²) in [5, 5.41) is 6.87. The van der Waals surface area contributed by atoms with Gasteiger partial charge < -0.3 is 10.6 Å². The van der Waals surface area contributed by atoms with Crippen LogP contribution in [0.1, 0.15) is 44.7 Å². The second-order valence-electron chi connectivity index (χ2n) is 6.26. The zero-order valence-corrected chi connectivity index (χ0v) is 15.4. The standard InChI is InChI=1S/C20H32N4/c1-4-21-20(23-19-12-7-8-13-19)22-15-17-10-9-11-18(14-17)16-24(5-2)6-3/h7-11,14,19H,4-6,12-13,15-16H2,1-3H3,(H2,21,22,23). The third kappa shape index (κ3) is 6.00. The Morgan fingerprint density at radius 1 is 1.12 bits per heavy atom. The fourth-order valence-corrected chi connectivity index (χ4v) is 2.95.